The van der Waals surface area contributed by atoms with Gasteiger partial charge in [0.2, 0.25) is 5.91 Å². The van der Waals surface area contributed by atoms with Crippen molar-refractivity contribution in [2.24, 2.45) is 11.3 Å². The molecule has 0 radical (unpaired) electrons. The fourth-order valence-corrected chi connectivity index (χ4v) is 4.19. The van der Waals surface area contributed by atoms with Gasteiger partial charge in [-0.1, -0.05) is 19.1 Å². The molecule has 6 nitrogen and oxygen atoms in total. The number of hydrogen-bond donors (Lipinski definition) is 0. The molecule has 3 rings (SSSR count). The summed E-state index contributed by atoms with van der Waals surface area (Å²) in [6, 6.07) is 0.374. The van der Waals surface area contributed by atoms with Gasteiger partial charge in [-0.2, -0.15) is 0 Å². The maximum atomic E-state index is 12.7. The van der Waals surface area contributed by atoms with Crippen LogP contribution >= 0.6 is 0 Å². The molecule has 6 heteroatoms. The molecule has 0 unspecified atom stereocenters. The first-order valence-corrected chi connectivity index (χ1v) is 9.33. The number of rotatable bonds is 6. The summed E-state index contributed by atoms with van der Waals surface area (Å²) in [5.41, 5.74) is 1.31. The Hall–Kier alpha value is -1.43. The van der Waals surface area contributed by atoms with Gasteiger partial charge in [-0.3, -0.25) is 4.79 Å². The van der Waals surface area contributed by atoms with E-state index in [1.807, 2.05) is 18.8 Å². The lowest BCUT2D eigenvalue weighted by atomic mass is 9.96. The van der Waals surface area contributed by atoms with E-state index in [9.17, 15) is 4.79 Å². The second-order valence-electron chi connectivity index (χ2n) is 7.81. The Morgan fingerprint density at radius 3 is 2.50 bits per heavy atom. The number of aromatic nitrogens is 3. The number of likely N-dealkylation sites (tertiary alicyclic amines) is 1. The van der Waals surface area contributed by atoms with E-state index in [2.05, 4.69) is 40.2 Å². The van der Waals surface area contributed by atoms with Gasteiger partial charge in [0.15, 0.2) is 0 Å². The van der Waals surface area contributed by atoms with Crippen molar-refractivity contribution in [2.75, 3.05) is 27.2 Å². The summed E-state index contributed by atoms with van der Waals surface area (Å²) in [6.07, 6.45) is 7.37. The summed E-state index contributed by atoms with van der Waals surface area (Å²) < 4.78 is 2.00. The molecule has 0 spiro atoms. The van der Waals surface area contributed by atoms with Crippen LogP contribution in [0.15, 0.2) is 6.20 Å². The van der Waals surface area contributed by atoms with E-state index >= 15 is 0 Å². The molecule has 0 bridgehead atoms. The standard InChI is InChI=1S/C18H31N5O/c1-5-18(6-2)11-16(18)17(24)22-9-7-15(8-10-22)23-13-14(19-20-23)12-21(3)4/h13,15-16H,5-12H2,1-4H3/t16-/m0/s1. The molecular formula is C18H31N5O. The van der Waals surface area contributed by atoms with Gasteiger partial charge in [0.1, 0.15) is 0 Å². The molecule has 1 saturated carbocycles. The van der Waals surface area contributed by atoms with Crippen molar-refractivity contribution >= 4 is 5.91 Å². The highest BCUT2D eigenvalue weighted by Crippen LogP contribution is 2.58. The monoisotopic (exact) mass is 333 g/mol. The smallest absolute Gasteiger partial charge is 0.226 e. The van der Waals surface area contributed by atoms with Gasteiger partial charge < -0.3 is 9.80 Å². The Morgan fingerprint density at radius 1 is 1.29 bits per heavy atom. The number of carbonyl (C=O) groups excluding carboxylic acids is 1. The topological polar surface area (TPSA) is 54.3 Å². The van der Waals surface area contributed by atoms with Crippen molar-refractivity contribution in [3.63, 3.8) is 0 Å². The van der Waals surface area contributed by atoms with Crippen molar-refractivity contribution in [1.82, 2.24) is 24.8 Å². The summed E-state index contributed by atoms with van der Waals surface area (Å²) >= 11 is 0. The first-order chi connectivity index (χ1) is 11.5. The van der Waals surface area contributed by atoms with Crippen LogP contribution in [0.2, 0.25) is 0 Å². The maximum Gasteiger partial charge on any atom is 0.226 e. The Morgan fingerprint density at radius 2 is 1.96 bits per heavy atom. The third kappa shape index (κ3) is 3.34. The molecule has 0 aromatic carbocycles. The van der Waals surface area contributed by atoms with E-state index in [1.54, 1.807) is 0 Å². The van der Waals surface area contributed by atoms with Crippen LogP contribution < -0.4 is 0 Å². The predicted octanol–water partition coefficient (Wildman–Crippen LogP) is 2.33. The van der Waals surface area contributed by atoms with Crippen molar-refractivity contribution in [3.05, 3.63) is 11.9 Å². The van der Waals surface area contributed by atoms with Crippen LogP contribution in [-0.4, -0.2) is 57.9 Å². The zero-order valence-corrected chi connectivity index (χ0v) is 15.5. The quantitative estimate of drug-likeness (QED) is 0.802. The van der Waals surface area contributed by atoms with Crippen LogP contribution in [-0.2, 0) is 11.3 Å². The molecule has 2 fully saturated rings. The minimum atomic E-state index is 0.280. The fourth-order valence-electron chi connectivity index (χ4n) is 4.19. The van der Waals surface area contributed by atoms with Gasteiger partial charge in [-0.15, -0.1) is 5.10 Å². The first kappa shape index (κ1) is 17.4. The second-order valence-corrected chi connectivity index (χ2v) is 7.81. The average Bonchev–Trinajstić information content (AvgIpc) is 3.16. The number of amides is 1. The lowest BCUT2D eigenvalue weighted by Gasteiger charge is -2.32. The highest BCUT2D eigenvalue weighted by atomic mass is 16.2. The summed E-state index contributed by atoms with van der Waals surface area (Å²) in [5.74, 6) is 0.672. The summed E-state index contributed by atoms with van der Waals surface area (Å²) in [5, 5.41) is 8.55. The van der Waals surface area contributed by atoms with Crippen molar-refractivity contribution in [1.29, 1.82) is 0 Å². The van der Waals surface area contributed by atoms with Crippen LogP contribution in [0.3, 0.4) is 0 Å². The summed E-state index contributed by atoms with van der Waals surface area (Å²) in [7, 11) is 4.07. The molecular weight excluding hydrogens is 302 g/mol. The van der Waals surface area contributed by atoms with E-state index in [-0.39, 0.29) is 5.92 Å². The normalized spacial score (nSPS) is 23.7. The summed E-state index contributed by atoms with van der Waals surface area (Å²) in [4.78, 5) is 16.9. The van der Waals surface area contributed by atoms with Gasteiger partial charge in [0.05, 0.1) is 17.9 Å². The first-order valence-electron chi connectivity index (χ1n) is 9.33. The minimum Gasteiger partial charge on any atom is -0.342 e. The molecule has 1 aliphatic carbocycles. The van der Waals surface area contributed by atoms with Crippen molar-refractivity contribution < 1.29 is 4.79 Å². The molecule has 0 N–H and O–H groups in total. The molecule has 24 heavy (non-hydrogen) atoms. The molecule has 1 aliphatic heterocycles. The Bertz CT molecular complexity index is 570. The van der Waals surface area contributed by atoms with Crippen LogP contribution in [0.25, 0.3) is 0 Å². The van der Waals surface area contributed by atoms with Gasteiger partial charge in [-0.05, 0) is 51.6 Å². The van der Waals surface area contributed by atoms with Crippen molar-refractivity contribution in [2.45, 2.75) is 58.5 Å². The SMILES string of the molecule is CCC1(CC)C[C@H]1C(=O)N1CCC(n2cc(CN(C)C)nn2)CC1. The molecule has 2 aliphatic rings. The van der Waals surface area contributed by atoms with Crippen molar-refractivity contribution in [3.8, 4) is 0 Å². The summed E-state index contributed by atoms with van der Waals surface area (Å²) in [6.45, 7) is 6.96. The van der Waals surface area contributed by atoms with Crippen LogP contribution in [0.1, 0.15) is 57.7 Å². The van der Waals surface area contributed by atoms with Gasteiger partial charge in [0.25, 0.3) is 0 Å². The zero-order chi connectivity index (χ0) is 17.3. The fraction of sp³-hybridized carbons (Fsp3) is 0.833. The lowest BCUT2D eigenvalue weighted by Crippen LogP contribution is -2.40. The highest BCUT2D eigenvalue weighted by molar-refractivity contribution is 5.82. The maximum absolute atomic E-state index is 12.7. The van der Waals surface area contributed by atoms with Crippen LogP contribution in [0.4, 0.5) is 0 Å². The molecule has 1 atom stereocenters. The second kappa shape index (κ2) is 6.82. The third-order valence-electron chi connectivity index (χ3n) is 6.08. The molecule has 1 amide bonds. The number of hydrogen-bond acceptors (Lipinski definition) is 4. The number of carbonyl (C=O) groups is 1. The van der Waals surface area contributed by atoms with Crippen LogP contribution in [0, 0.1) is 11.3 Å². The molecule has 134 valence electrons. The molecule has 2 heterocycles. The van der Waals surface area contributed by atoms with Crippen LogP contribution in [0.5, 0.6) is 0 Å². The zero-order valence-electron chi connectivity index (χ0n) is 15.5. The third-order valence-corrected chi connectivity index (χ3v) is 6.08. The van der Waals surface area contributed by atoms with Gasteiger partial charge in [0, 0.05) is 25.6 Å². The van der Waals surface area contributed by atoms with Gasteiger partial charge in [-0.25, -0.2) is 4.68 Å². The largest absolute Gasteiger partial charge is 0.342 e. The molecule has 1 aromatic heterocycles. The average molecular weight is 333 g/mol. The Labute approximate surface area is 145 Å². The molecule has 1 aromatic rings. The van der Waals surface area contributed by atoms with E-state index in [0.29, 0.717) is 17.4 Å². The molecule has 1 saturated heterocycles. The van der Waals surface area contributed by atoms with E-state index in [1.165, 1.54) is 0 Å². The van der Waals surface area contributed by atoms with E-state index < -0.39 is 0 Å². The minimum absolute atomic E-state index is 0.280. The number of piperidine rings is 1. The number of nitrogens with zero attached hydrogens (tertiary/aromatic N) is 5. The Kier molecular flexibility index (Phi) is 4.95. The van der Waals surface area contributed by atoms with Gasteiger partial charge >= 0.3 is 0 Å². The lowest BCUT2D eigenvalue weighted by molar-refractivity contribution is -0.134. The Balaban J connectivity index is 1.53. The van der Waals surface area contributed by atoms with E-state index in [4.69, 9.17) is 0 Å². The van der Waals surface area contributed by atoms with E-state index in [0.717, 1.165) is 57.4 Å². The predicted molar refractivity (Wildman–Crippen MR) is 93.4 cm³/mol. The highest BCUT2D eigenvalue weighted by Gasteiger charge is 2.56.